The van der Waals surface area contributed by atoms with Crippen molar-refractivity contribution in [2.75, 3.05) is 20.3 Å². The Labute approximate surface area is 162 Å². The summed E-state index contributed by atoms with van der Waals surface area (Å²) in [5, 5.41) is 13.6. The molecule has 9 heteroatoms. The van der Waals surface area contributed by atoms with Crippen molar-refractivity contribution in [2.24, 2.45) is 16.5 Å². The van der Waals surface area contributed by atoms with Crippen molar-refractivity contribution in [3.05, 3.63) is 36.4 Å². The third-order valence-electron chi connectivity index (χ3n) is 3.97. The minimum absolute atomic E-state index is 0.0573. The molecule has 28 heavy (non-hydrogen) atoms. The summed E-state index contributed by atoms with van der Waals surface area (Å²) in [7, 11) is 1.60. The van der Waals surface area contributed by atoms with E-state index in [9.17, 15) is 14.7 Å². The fourth-order valence-electron chi connectivity index (χ4n) is 2.56. The number of methoxy groups -OCH3 is 1. The number of benzene rings is 2. The minimum Gasteiger partial charge on any atom is -0.497 e. The van der Waals surface area contributed by atoms with Gasteiger partial charge in [-0.15, -0.1) is 0 Å². The molecule has 2 aromatic rings. The van der Waals surface area contributed by atoms with E-state index in [0.717, 1.165) is 16.5 Å². The predicted octanol–water partition coefficient (Wildman–Crippen LogP) is 0.850. The summed E-state index contributed by atoms with van der Waals surface area (Å²) in [5.41, 5.74) is 10.4. The Kier molecular flexibility index (Phi) is 7.44. The van der Waals surface area contributed by atoms with Gasteiger partial charge in [0.2, 0.25) is 0 Å². The van der Waals surface area contributed by atoms with E-state index in [1.807, 2.05) is 24.3 Å². The molecule has 150 valence electrons. The van der Waals surface area contributed by atoms with E-state index in [2.05, 4.69) is 10.3 Å². The van der Waals surface area contributed by atoms with Crippen LogP contribution < -0.4 is 26.3 Å². The van der Waals surface area contributed by atoms with Crippen molar-refractivity contribution in [3.63, 3.8) is 0 Å². The number of fused-ring (bicyclic) bond motifs is 1. The molecule has 0 saturated carbocycles. The molecule has 0 spiro atoms. The molecule has 6 N–H and O–H groups in total. The highest BCUT2D eigenvalue weighted by Gasteiger charge is 2.19. The summed E-state index contributed by atoms with van der Waals surface area (Å²) in [4.78, 5) is 27.1. The number of hydrogen-bond donors (Lipinski definition) is 4. The number of nitrogens with two attached hydrogens (primary N) is 2. The Hall–Kier alpha value is -3.49. The lowest BCUT2D eigenvalue weighted by Crippen LogP contribution is -2.43. The van der Waals surface area contributed by atoms with Crippen LogP contribution in [0.5, 0.6) is 11.5 Å². The molecule has 0 aliphatic heterocycles. The van der Waals surface area contributed by atoms with Gasteiger partial charge in [-0.05, 0) is 47.9 Å². The first kappa shape index (κ1) is 20.8. The number of aliphatic imine (C=N–C) groups is 1. The van der Waals surface area contributed by atoms with Gasteiger partial charge < -0.3 is 31.4 Å². The number of guanidine groups is 1. The van der Waals surface area contributed by atoms with Crippen LogP contribution in [0.1, 0.15) is 12.8 Å². The number of carbonyl (C=O) groups is 2. The molecule has 0 aliphatic rings. The summed E-state index contributed by atoms with van der Waals surface area (Å²) >= 11 is 0. The topological polar surface area (TPSA) is 149 Å². The lowest BCUT2D eigenvalue weighted by molar-refractivity contribution is -0.142. The summed E-state index contributed by atoms with van der Waals surface area (Å²) < 4.78 is 10.7. The molecule has 0 bridgehead atoms. The van der Waals surface area contributed by atoms with Crippen LogP contribution in [0, 0.1) is 0 Å². The van der Waals surface area contributed by atoms with E-state index in [4.69, 9.17) is 20.9 Å². The van der Waals surface area contributed by atoms with Gasteiger partial charge in [-0.1, -0.05) is 12.1 Å². The summed E-state index contributed by atoms with van der Waals surface area (Å²) in [5.74, 6) is -0.451. The number of carboxylic acid groups (broad SMARTS) is 1. The van der Waals surface area contributed by atoms with Gasteiger partial charge in [0.15, 0.2) is 12.6 Å². The van der Waals surface area contributed by atoms with Gasteiger partial charge in [0, 0.05) is 6.54 Å². The molecule has 0 radical (unpaired) electrons. The van der Waals surface area contributed by atoms with E-state index in [1.54, 1.807) is 19.2 Å². The number of nitrogens with one attached hydrogen (secondary N) is 1. The number of carbonyl (C=O) groups excluding carboxylic acids is 1. The number of hydrogen-bond acceptors (Lipinski definition) is 5. The van der Waals surface area contributed by atoms with E-state index < -0.39 is 17.9 Å². The zero-order valence-electron chi connectivity index (χ0n) is 15.6. The molecule has 9 nitrogen and oxygen atoms in total. The number of nitrogens with zero attached hydrogens (tertiary/aromatic N) is 1. The van der Waals surface area contributed by atoms with E-state index >= 15 is 0 Å². The fraction of sp³-hybridized carbons (Fsp3) is 0.316. The number of carboxylic acids is 1. The van der Waals surface area contributed by atoms with Gasteiger partial charge in [-0.25, -0.2) is 4.79 Å². The first-order chi connectivity index (χ1) is 13.4. The Morgan fingerprint density at radius 1 is 1.14 bits per heavy atom. The third-order valence-corrected chi connectivity index (χ3v) is 3.97. The highest BCUT2D eigenvalue weighted by atomic mass is 16.5. The van der Waals surface area contributed by atoms with Gasteiger partial charge in [0.25, 0.3) is 5.91 Å². The van der Waals surface area contributed by atoms with Crippen LogP contribution in [0.15, 0.2) is 41.4 Å². The van der Waals surface area contributed by atoms with Crippen LogP contribution in [-0.4, -0.2) is 49.2 Å². The molecule has 1 amide bonds. The predicted molar refractivity (Wildman–Crippen MR) is 105 cm³/mol. The summed E-state index contributed by atoms with van der Waals surface area (Å²) in [6.45, 7) is -0.000296. The average Bonchev–Trinajstić information content (AvgIpc) is 2.67. The molecule has 2 aromatic carbocycles. The molecule has 1 atom stereocenters. The molecular formula is C19H24N4O5. The van der Waals surface area contributed by atoms with Crippen molar-refractivity contribution in [1.82, 2.24) is 5.32 Å². The largest absolute Gasteiger partial charge is 0.497 e. The highest BCUT2D eigenvalue weighted by molar-refractivity contribution is 5.86. The standard InChI is InChI=1S/C19H24N4O5/c1-27-14-6-4-13-10-15(7-5-12(13)9-14)28-11-17(24)23-16(18(25)26)3-2-8-22-19(20)21/h4-7,9-10,16H,2-3,8,11H2,1H3,(H,23,24)(H,25,26)(H4,20,21,22). The van der Waals surface area contributed by atoms with E-state index in [-0.39, 0.29) is 19.0 Å². The zero-order chi connectivity index (χ0) is 20.5. The second kappa shape index (κ2) is 10.0. The van der Waals surface area contributed by atoms with Gasteiger partial charge in [-0.3, -0.25) is 9.79 Å². The van der Waals surface area contributed by atoms with Crippen LogP contribution in [0.4, 0.5) is 0 Å². The third kappa shape index (κ3) is 6.35. The normalized spacial score (nSPS) is 11.5. The van der Waals surface area contributed by atoms with Crippen molar-refractivity contribution >= 4 is 28.6 Å². The Balaban J connectivity index is 1.88. The van der Waals surface area contributed by atoms with E-state index in [0.29, 0.717) is 18.7 Å². The highest BCUT2D eigenvalue weighted by Crippen LogP contribution is 2.24. The second-order valence-corrected chi connectivity index (χ2v) is 6.07. The van der Waals surface area contributed by atoms with E-state index in [1.165, 1.54) is 0 Å². The van der Waals surface area contributed by atoms with Crippen molar-refractivity contribution < 1.29 is 24.2 Å². The van der Waals surface area contributed by atoms with Crippen molar-refractivity contribution in [1.29, 1.82) is 0 Å². The van der Waals surface area contributed by atoms with Crippen LogP contribution in [0.25, 0.3) is 10.8 Å². The molecule has 0 aromatic heterocycles. The fourth-order valence-corrected chi connectivity index (χ4v) is 2.56. The maximum Gasteiger partial charge on any atom is 0.326 e. The average molecular weight is 388 g/mol. The molecule has 0 saturated heterocycles. The van der Waals surface area contributed by atoms with Gasteiger partial charge in [-0.2, -0.15) is 0 Å². The van der Waals surface area contributed by atoms with Crippen LogP contribution in [0.3, 0.4) is 0 Å². The first-order valence-electron chi connectivity index (χ1n) is 8.67. The quantitative estimate of drug-likeness (QED) is 0.268. The summed E-state index contributed by atoms with van der Waals surface area (Å²) in [6.07, 6.45) is 0.625. The monoisotopic (exact) mass is 388 g/mol. The Morgan fingerprint density at radius 2 is 1.79 bits per heavy atom. The maximum atomic E-state index is 12.0. The SMILES string of the molecule is COc1ccc2cc(OCC(=O)NC(CCCN=C(N)N)C(=O)O)ccc2c1. The van der Waals surface area contributed by atoms with Crippen molar-refractivity contribution in [2.45, 2.75) is 18.9 Å². The summed E-state index contributed by atoms with van der Waals surface area (Å²) in [6, 6.07) is 9.97. The molecular weight excluding hydrogens is 364 g/mol. The lowest BCUT2D eigenvalue weighted by Gasteiger charge is -2.14. The lowest BCUT2D eigenvalue weighted by atomic mass is 10.1. The van der Waals surface area contributed by atoms with Crippen LogP contribution in [-0.2, 0) is 9.59 Å². The van der Waals surface area contributed by atoms with Gasteiger partial charge in [0.05, 0.1) is 7.11 Å². The number of rotatable bonds is 10. The molecule has 0 heterocycles. The molecule has 1 unspecified atom stereocenters. The second-order valence-electron chi connectivity index (χ2n) is 6.07. The van der Waals surface area contributed by atoms with Crippen LogP contribution in [0.2, 0.25) is 0 Å². The number of ether oxygens (including phenoxy) is 2. The number of amides is 1. The minimum atomic E-state index is -1.13. The van der Waals surface area contributed by atoms with Gasteiger partial charge >= 0.3 is 5.97 Å². The van der Waals surface area contributed by atoms with Crippen molar-refractivity contribution in [3.8, 4) is 11.5 Å². The Morgan fingerprint density at radius 3 is 2.39 bits per heavy atom. The Bertz CT molecular complexity index is 865. The zero-order valence-corrected chi connectivity index (χ0v) is 15.6. The van der Waals surface area contributed by atoms with Gasteiger partial charge in [0.1, 0.15) is 17.5 Å². The number of aliphatic carboxylic acids is 1. The van der Waals surface area contributed by atoms with Crippen LogP contribution >= 0.6 is 0 Å². The molecule has 2 rings (SSSR count). The smallest absolute Gasteiger partial charge is 0.326 e. The molecule has 0 aliphatic carbocycles. The molecule has 0 fully saturated rings. The first-order valence-corrected chi connectivity index (χ1v) is 8.67. The maximum absolute atomic E-state index is 12.0.